The van der Waals surface area contributed by atoms with Gasteiger partial charge in [-0.25, -0.2) is 0 Å². The Morgan fingerprint density at radius 3 is 2.61 bits per heavy atom. The first kappa shape index (κ1) is 14.1. The zero-order chi connectivity index (χ0) is 13.8. The Morgan fingerprint density at radius 1 is 1.39 bits per heavy atom. The third-order valence-corrected chi connectivity index (χ3v) is 2.27. The van der Waals surface area contributed by atoms with Gasteiger partial charge in [-0.1, -0.05) is 17.7 Å². The maximum atomic E-state index is 12.8. The Balaban J connectivity index is 2.99. The summed E-state index contributed by atoms with van der Waals surface area (Å²) < 4.78 is 38.3. The van der Waals surface area contributed by atoms with Crippen molar-refractivity contribution in [2.24, 2.45) is 16.5 Å². The van der Waals surface area contributed by atoms with Crippen molar-refractivity contribution < 1.29 is 13.2 Å². The molecule has 0 saturated carbocycles. The van der Waals surface area contributed by atoms with Crippen molar-refractivity contribution in [1.82, 2.24) is 0 Å². The molecular weight excluding hydrogens is 243 g/mol. The number of hydrogen-bond donors (Lipinski definition) is 2. The van der Waals surface area contributed by atoms with Gasteiger partial charge in [-0.15, -0.1) is 0 Å². The van der Waals surface area contributed by atoms with Gasteiger partial charge in [-0.2, -0.15) is 13.2 Å². The maximum absolute atomic E-state index is 12.8. The molecular formula is C12H14F3N3. The summed E-state index contributed by atoms with van der Waals surface area (Å²) in [6, 6.07) is 4.13. The molecule has 0 unspecified atom stereocenters. The lowest BCUT2D eigenvalue weighted by molar-refractivity contribution is -0.138. The molecule has 0 radical (unpaired) electrons. The lowest BCUT2D eigenvalue weighted by atomic mass is 10.0. The van der Waals surface area contributed by atoms with E-state index in [2.05, 4.69) is 4.99 Å². The predicted octanol–water partition coefficient (Wildman–Crippen LogP) is 2.34. The second-order valence-electron chi connectivity index (χ2n) is 3.79. The van der Waals surface area contributed by atoms with E-state index in [9.17, 15) is 13.2 Å². The fourth-order valence-electron chi connectivity index (χ4n) is 1.38. The van der Waals surface area contributed by atoms with Crippen LogP contribution in [0.1, 0.15) is 16.7 Å². The van der Waals surface area contributed by atoms with Gasteiger partial charge in [0, 0.05) is 12.4 Å². The highest BCUT2D eigenvalue weighted by molar-refractivity contribution is 5.76. The van der Waals surface area contributed by atoms with Gasteiger partial charge in [0.1, 0.15) is 0 Å². The molecule has 0 spiro atoms. The highest BCUT2D eigenvalue weighted by Crippen LogP contribution is 2.32. The van der Waals surface area contributed by atoms with E-state index in [1.165, 1.54) is 12.3 Å². The van der Waals surface area contributed by atoms with Gasteiger partial charge in [0.25, 0.3) is 0 Å². The van der Waals surface area contributed by atoms with E-state index in [1.807, 2.05) is 0 Å². The summed E-state index contributed by atoms with van der Waals surface area (Å²) in [5.74, 6) is 0. The van der Waals surface area contributed by atoms with Crippen molar-refractivity contribution in [3.63, 3.8) is 0 Å². The Hall–Kier alpha value is -1.98. The Bertz CT molecular complexity index is 476. The van der Waals surface area contributed by atoms with E-state index in [4.69, 9.17) is 11.5 Å². The van der Waals surface area contributed by atoms with Crippen molar-refractivity contribution in [3.8, 4) is 0 Å². The zero-order valence-corrected chi connectivity index (χ0v) is 9.83. The second kappa shape index (κ2) is 5.57. The van der Waals surface area contributed by atoms with E-state index < -0.39 is 11.7 Å². The molecule has 3 nitrogen and oxygen atoms in total. The molecule has 6 heteroatoms. The number of nitrogens with two attached hydrogens (primary N) is 2. The van der Waals surface area contributed by atoms with Gasteiger partial charge in [0.2, 0.25) is 0 Å². The average Bonchev–Trinajstić information content (AvgIpc) is 2.29. The molecule has 0 heterocycles. The minimum absolute atomic E-state index is 0.0936. The van der Waals surface area contributed by atoms with Crippen molar-refractivity contribution in [3.05, 3.63) is 46.8 Å². The van der Waals surface area contributed by atoms with Crippen LogP contribution in [0.15, 0.2) is 35.1 Å². The molecule has 0 bridgehead atoms. The lowest BCUT2D eigenvalue weighted by Crippen LogP contribution is -2.09. The molecule has 0 amide bonds. The fourth-order valence-corrected chi connectivity index (χ4v) is 1.38. The second-order valence-corrected chi connectivity index (χ2v) is 3.79. The van der Waals surface area contributed by atoms with Crippen LogP contribution < -0.4 is 11.5 Å². The molecule has 0 aliphatic carbocycles. The van der Waals surface area contributed by atoms with E-state index in [0.29, 0.717) is 5.56 Å². The molecule has 0 saturated heterocycles. The first-order chi connectivity index (χ1) is 8.34. The molecule has 1 rings (SSSR count). The number of nitrogens with zero attached hydrogens (tertiary/aromatic N) is 1. The summed E-state index contributed by atoms with van der Waals surface area (Å²) in [7, 11) is 0. The number of halogens is 3. The highest BCUT2D eigenvalue weighted by Gasteiger charge is 2.33. The van der Waals surface area contributed by atoms with Crippen LogP contribution in [-0.4, -0.2) is 6.21 Å². The molecule has 1 aromatic rings. The maximum Gasteiger partial charge on any atom is 0.416 e. The molecule has 0 aliphatic rings. The number of alkyl halides is 3. The largest absolute Gasteiger partial charge is 0.416 e. The number of aryl methyl sites for hydroxylation is 1. The first-order valence-electron chi connectivity index (χ1n) is 5.18. The van der Waals surface area contributed by atoms with Crippen LogP contribution in [0.3, 0.4) is 0 Å². The minimum Gasteiger partial charge on any atom is -0.403 e. The Labute approximate surface area is 103 Å². The van der Waals surface area contributed by atoms with Crippen molar-refractivity contribution >= 4 is 6.21 Å². The predicted molar refractivity (Wildman–Crippen MR) is 64.8 cm³/mol. The van der Waals surface area contributed by atoms with Crippen molar-refractivity contribution in [1.29, 1.82) is 0 Å². The van der Waals surface area contributed by atoms with Gasteiger partial charge in [-0.05, 0) is 18.6 Å². The van der Waals surface area contributed by atoms with Gasteiger partial charge in [0.05, 0.1) is 17.8 Å². The van der Waals surface area contributed by atoms with E-state index in [-0.39, 0.29) is 17.8 Å². The number of benzene rings is 1. The molecule has 4 N–H and O–H groups in total. The van der Waals surface area contributed by atoms with E-state index >= 15 is 0 Å². The molecule has 0 atom stereocenters. The summed E-state index contributed by atoms with van der Waals surface area (Å²) in [5.41, 5.74) is 10.7. The summed E-state index contributed by atoms with van der Waals surface area (Å²) >= 11 is 0. The van der Waals surface area contributed by atoms with E-state index in [1.54, 1.807) is 13.0 Å². The van der Waals surface area contributed by atoms with Gasteiger partial charge in [0.15, 0.2) is 0 Å². The summed E-state index contributed by atoms with van der Waals surface area (Å²) in [4.78, 5) is 3.82. The molecule has 0 fully saturated rings. The van der Waals surface area contributed by atoms with Crippen LogP contribution in [0, 0.1) is 6.92 Å². The van der Waals surface area contributed by atoms with Crippen molar-refractivity contribution in [2.75, 3.05) is 0 Å². The Kier molecular flexibility index (Phi) is 4.36. The molecule has 1 aromatic carbocycles. The van der Waals surface area contributed by atoms with Gasteiger partial charge >= 0.3 is 6.18 Å². The average molecular weight is 257 g/mol. The summed E-state index contributed by atoms with van der Waals surface area (Å²) in [6.45, 7) is 1.51. The third kappa shape index (κ3) is 3.80. The summed E-state index contributed by atoms with van der Waals surface area (Å²) in [6.07, 6.45) is -2.02. The monoisotopic (exact) mass is 257 g/mol. The standard InChI is InChI=1S/C12H14F3N3/c1-8-2-3-9(6-18-7-10(17)5-16)11(4-8)12(13,14)15/h2-5,7H,6,16-17H2,1H3. The molecule has 98 valence electrons. The molecule has 0 aromatic heterocycles. The highest BCUT2D eigenvalue weighted by atomic mass is 19.4. The smallest absolute Gasteiger partial charge is 0.403 e. The SMILES string of the molecule is Cc1ccc(CN=CC(N)=CN)c(C(F)(F)F)c1. The zero-order valence-electron chi connectivity index (χ0n) is 9.83. The lowest BCUT2D eigenvalue weighted by Gasteiger charge is -2.12. The van der Waals surface area contributed by atoms with Crippen LogP contribution >= 0.6 is 0 Å². The Morgan fingerprint density at radius 2 is 2.06 bits per heavy atom. The quantitative estimate of drug-likeness (QED) is 0.816. The topological polar surface area (TPSA) is 64.4 Å². The number of aliphatic imine (C=N–C) groups is 1. The normalized spacial score (nSPS) is 13.2. The third-order valence-electron chi connectivity index (χ3n) is 2.27. The van der Waals surface area contributed by atoms with Gasteiger partial charge < -0.3 is 11.5 Å². The van der Waals surface area contributed by atoms with Crippen molar-refractivity contribution in [2.45, 2.75) is 19.6 Å². The van der Waals surface area contributed by atoms with Crippen LogP contribution in [0.2, 0.25) is 0 Å². The van der Waals surface area contributed by atoms with E-state index in [0.717, 1.165) is 12.3 Å². The number of hydrogen-bond acceptors (Lipinski definition) is 3. The summed E-state index contributed by atoms with van der Waals surface area (Å²) in [5, 5.41) is 0. The fraction of sp³-hybridized carbons (Fsp3) is 0.250. The minimum atomic E-state index is -4.38. The molecule has 18 heavy (non-hydrogen) atoms. The number of rotatable bonds is 3. The molecule has 0 aliphatic heterocycles. The van der Waals surface area contributed by atoms with Gasteiger partial charge in [-0.3, -0.25) is 4.99 Å². The van der Waals surface area contributed by atoms with Crippen LogP contribution in [-0.2, 0) is 12.7 Å². The van der Waals surface area contributed by atoms with Crippen LogP contribution in [0.25, 0.3) is 0 Å². The van der Waals surface area contributed by atoms with Crippen LogP contribution in [0.5, 0.6) is 0 Å². The van der Waals surface area contributed by atoms with Crippen LogP contribution in [0.4, 0.5) is 13.2 Å². The number of allylic oxidation sites excluding steroid dienone is 1. The first-order valence-corrected chi connectivity index (χ1v) is 5.18.